The minimum atomic E-state index is -1.16. The summed E-state index contributed by atoms with van der Waals surface area (Å²) < 4.78 is 12.5. The van der Waals surface area contributed by atoms with E-state index in [1.165, 1.54) is 0 Å². The van der Waals surface area contributed by atoms with Gasteiger partial charge in [-0.3, -0.25) is 0 Å². The molecule has 0 spiro atoms. The molecule has 5 rings (SSSR count). The van der Waals surface area contributed by atoms with E-state index in [4.69, 9.17) is 14.6 Å². The van der Waals surface area contributed by atoms with E-state index in [0.29, 0.717) is 11.8 Å². The number of rotatable bonds is 5. The highest BCUT2D eigenvalue weighted by atomic mass is 16.5. The summed E-state index contributed by atoms with van der Waals surface area (Å²) in [5.74, 6) is -0.635. The van der Waals surface area contributed by atoms with Crippen molar-refractivity contribution < 1.29 is 34.4 Å². The maximum atomic E-state index is 12.4. The summed E-state index contributed by atoms with van der Waals surface area (Å²) in [6, 6.07) is 0. The average Bonchev–Trinajstić information content (AvgIpc) is 3.44. The van der Waals surface area contributed by atoms with Crippen LogP contribution in [0.4, 0.5) is 0 Å². The Morgan fingerprint density at radius 2 is 1.54 bits per heavy atom. The SMILES string of the molecule is CC(C)(O)[C@H]1CC[C@@](C)(C2CC[C@]3(C)[C@@H]2[C@H](O)C[C@@H]2[C@@]4(C)CC[C@H](OC(=O)/C=C\C(=O)O)C(C)(C)C4CC[C@]23C)O1. The van der Waals surface area contributed by atoms with Gasteiger partial charge in [0.1, 0.15) is 6.10 Å². The molecular weight excluding hydrogens is 520 g/mol. The molecule has 11 atom stereocenters. The standard InChI is InChI=1S/C34H54O7/c1-29(2)22-12-17-32(6)23(31(22,5)15-13-24(29)40-27(38)10-9-26(36)37)19-21(35)28-20(11-16-33(28,32)7)34(8)18-14-25(41-34)30(3,4)39/h9-10,20-25,28,35,39H,11-19H2,1-8H3,(H,36,37)/b10-9-/t20?,21-,22?,23-,24+,25-,28+,31+,32-,33-,34+/m1/s1. The molecule has 7 nitrogen and oxygen atoms in total. The van der Waals surface area contributed by atoms with Gasteiger partial charge in [-0.25, -0.2) is 9.59 Å². The van der Waals surface area contributed by atoms with Gasteiger partial charge in [0.2, 0.25) is 0 Å². The van der Waals surface area contributed by atoms with Crippen molar-refractivity contribution in [2.45, 2.75) is 143 Å². The lowest BCUT2D eigenvalue weighted by molar-refractivity contribution is -0.250. The van der Waals surface area contributed by atoms with Crippen molar-refractivity contribution >= 4 is 11.9 Å². The van der Waals surface area contributed by atoms with Gasteiger partial charge in [-0.2, -0.15) is 0 Å². The molecule has 2 unspecified atom stereocenters. The molecule has 3 N–H and O–H groups in total. The number of fused-ring (bicyclic) bond motifs is 5. The monoisotopic (exact) mass is 574 g/mol. The van der Waals surface area contributed by atoms with Crippen LogP contribution in [0.15, 0.2) is 12.2 Å². The fourth-order valence-corrected chi connectivity index (χ4v) is 11.6. The van der Waals surface area contributed by atoms with Gasteiger partial charge in [0, 0.05) is 17.6 Å². The maximum Gasteiger partial charge on any atom is 0.331 e. The van der Waals surface area contributed by atoms with E-state index in [1.807, 2.05) is 13.8 Å². The molecule has 0 aromatic heterocycles. The van der Waals surface area contributed by atoms with Crippen LogP contribution < -0.4 is 0 Å². The Morgan fingerprint density at radius 1 is 0.878 bits per heavy atom. The zero-order valence-electron chi connectivity index (χ0n) is 26.5. The van der Waals surface area contributed by atoms with Crippen LogP contribution in [0, 0.1) is 45.3 Å². The number of esters is 1. The largest absolute Gasteiger partial charge is 0.478 e. The number of carbonyl (C=O) groups is 2. The Balaban J connectivity index is 1.40. The predicted molar refractivity (Wildman–Crippen MR) is 156 cm³/mol. The van der Waals surface area contributed by atoms with Gasteiger partial charge in [-0.05, 0) is 118 Å². The summed E-state index contributed by atoms with van der Waals surface area (Å²) in [5.41, 5.74) is -1.41. The first kappa shape index (κ1) is 31.0. The van der Waals surface area contributed by atoms with Crippen molar-refractivity contribution in [3.63, 3.8) is 0 Å². The maximum absolute atomic E-state index is 12.4. The molecule has 4 saturated carbocycles. The number of hydrogen-bond donors (Lipinski definition) is 3. The molecule has 41 heavy (non-hydrogen) atoms. The lowest BCUT2D eigenvalue weighted by atomic mass is 9.35. The lowest BCUT2D eigenvalue weighted by Crippen LogP contribution is -2.66. The number of aliphatic carboxylic acids is 1. The summed E-state index contributed by atoms with van der Waals surface area (Å²) in [7, 11) is 0. The molecule has 0 radical (unpaired) electrons. The number of carbonyl (C=O) groups excluding carboxylic acids is 1. The summed E-state index contributed by atoms with van der Waals surface area (Å²) in [4.78, 5) is 23.3. The Labute approximate surface area is 246 Å². The van der Waals surface area contributed by atoms with Crippen molar-refractivity contribution in [3.05, 3.63) is 12.2 Å². The molecule has 1 saturated heterocycles. The second-order valence-electron chi connectivity index (χ2n) is 16.5. The molecule has 5 fully saturated rings. The van der Waals surface area contributed by atoms with Crippen LogP contribution in [-0.4, -0.2) is 56.8 Å². The molecule has 0 amide bonds. The molecule has 0 aromatic carbocycles. The smallest absolute Gasteiger partial charge is 0.331 e. The fraction of sp³-hybridized carbons (Fsp3) is 0.882. The number of ether oxygens (including phenoxy) is 2. The van der Waals surface area contributed by atoms with Gasteiger partial charge in [-0.15, -0.1) is 0 Å². The highest BCUT2D eigenvalue weighted by molar-refractivity contribution is 5.90. The van der Waals surface area contributed by atoms with Crippen LogP contribution in [-0.2, 0) is 19.1 Å². The number of carboxylic acid groups (broad SMARTS) is 1. The van der Waals surface area contributed by atoms with Crippen molar-refractivity contribution in [3.8, 4) is 0 Å². The lowest BCUT2D eigenvalue weighted by Gasteiger charge is -2.70. The highest BCUT2D eigenvalue weighted by Crippen LogP contribution is 2.76. The van der Waals surface area contributed by atoms with E-state index in [2.05, 4.69) is 41.5 Å². The molecule has 4 aliphatic carbocycles. The molecule has 5 aliphatic rings. The van der Waals surface area contributed by atoms with E-state index >= 15 is 0 Å². The molecular formula is C34H54O7. The van der Waals surface area contributed by atoms with Crippen LogP contribution in [0.2, 0.25) is 0 Å². The third kappa shape index (κ3) is 4.63. The molecule has 232 valence electrons. The topological polar surface area (TPSA) is 113 Å². The van der Waals surface area contributed by atoms with Gasteiger partial charge in [0.05, 0.1) is 23.4 Å². The van der Waals surface area contributed by atoms with Crippen molar-refractivity contribution in [1.29, 1.82) is 0 Å². The van der Waals surface area contributed by atoms with Crippen molar-refractivity contribution in [2.24, 2.45) is 45.3 Å². The third-order valence-corrected chi connectivity index (χ3v) is 13.8. The highest BCUT2D eigenvalue weighted by Gasteiger charge is 2.72. The summed E-state index contributed by atoms with van der Waals surface area (Å²) in [6.07, 6.45) is 9.47. The number of hydrogen-bond acceptors (Lipinski definition) is 6. The summed E-state index contributed by atoms with van der Waals surface area (Å²) >= 11 is 0. The van der Waals surface area contributed by atoms with Crippen LogP contribution in [0.5, 0.6) is 0 Å². The van der Waals surface area contributed by atoms with E-state index in [0.717, 1.165) is 69.9 Å². The molecule has 1 aliphatic heterocycles. The van der Waals surface area contributed by atoms with Gasteiger partial charge >= 0.3 is 11.9 Å². The minimum absolute atomic E-state index is 0.00310. The fourth-order valence-electron chi connectivity index (χ4n) is 11.6. The van der Waals surface area contributed by atoms with Gasteiger partial charge in [0.15, 0.2) is 0 Å². The van der Waals surface area contributed by atoms with E-state index in [-0.39, 0.29) is 51.3 Å². The summed E-state index contributed by atoms with van der Waals surface area (Å²) in [5, 5.41) is 31.6. The first-order chi connectivity index (χ1) is 18.8. The number of carboxylic acids is 1. The molecule has 0 bridgehead atoms. The average molecular weight is 575 g/mol. The molecule has 7 heteroatoms. The quantitative estimate of drug-likeness (QED) is 0.277. The van der Waals surface area contributed by atoms with Crippen molar-refractivity contribution in [1.82, 2.24) is 0 Å². The summed E-state index contributed by atoms with van der Waals surface area (Å²) in [6.45, 7) is 17.7. The Kier molecular flexibility index (Phi) is 7.40. The molecule has 0 aromatic rings. The first-order valence-corrected chi connectivity index (χ1v) is 16.0. The number of aliphatic hydroxyl groups is 2. The second kappa shape index (κ2) is 9.79. The number of aliphatic hydroxyl groups excluding tert-OH is 1. The van der Waals surface area contributed by atoms with Crippen LogP contribution >= 0.6 is 0 Å². The van der Waals surface area contributed by atoms with Crippen LogP contribution in [0.1, 0.15) is 113 Å². The zero-order valence-corrected chi connectivity index (χ0v) is 26.5. The Bertz CT molecular complexity index is 1090. The Hall–Kier alpha value is -1.44. The third-order valence-electron chi connectivity index (χ3n) is 13.8. The van der Waals surface area contributed by atoms with Gasteiger partial charge < -0.3 is 24.8 Å². The zero-order chi connectivity index (χ0) is 30.4. The van der Waals surface area contributed by atoms with E-state index in [1.54, 1.807) is 0 Å². The van der Waals surface area contributed by atoms with E-state index in [9.17, 15) is 19.8 Å². The Morgan fingerprint density at radius 3 is 2.15 bits per heavy atom. The first-order valence-electron chi connectivity index (χ1n) is 16.0. The van der Waals surface area contributed by atoms with E-state index < -0.39 is 23.6 Å². The van der Waals surface area contributed by atoms with Crippen LogP contribution in [0.25, 0.3) is 0 Å². The van der Waals surface area contributed by atoms with Crippen molar-refractivity contribution in [2.75, 3.05) is 0 Å². The molecule has 1 heterocycles. The van der Waals surface area contributed by atoms with Crippen LogP contribution in [0.3, 0.4) is 0 Å². The minimum Gasteiger partial charge on any atom is -0.478 e. The van der Waals surface area contributed by atoms with Gasteiger partial charge in [0.25, 0.3) is 0 Å². The second-order valence-corrected chi connectivity index (χ2v) is 16.5. The normalized spacial score (nSPS) is 49.3. The van der Waals surface area contributed by atoms with Gasteiger partial charge in [-0.1, -0.05) is 34.6 Å². The predicted octanol–water partition coefficient (Wildman–Crippen LogP) is 5.90.